The zero-order valence-electron chi connectivity index (χ0n) is 14.4. The summed E-state index contributed by atoms with van der Waals surface area (Å²) in [5, 5.41) is 9.82. The molecule has 0 fully saturated rings. The molecule has 0 amide bonds. The summed E-state index contributed by atoms with van der Waals surface area (Å²) in [5.41, 5.74) is 0.763. The van der Waals surface area contributed by atoms with Gasteiger partial charge in [0.15, 0.2) is 11.5 Å². The Hall–Kier alpha value is -2.34. The maximum Gasteiger partial charge on any atom is 0.237 e. The van der Waals surface area contributed by atoms with E-state index < -0.39 is 23.1 Å². The molecule has 0 bridgehead atoms. The summed E-state index contributed by atoms with van der Waals surface area (Å²) in [6, 6.07) is 1.74. The second kappa shape index (κ2) is 5.34. The number of carbonyl (C=O) groups is 2. The molecule has 24 heavy (non-hydrogen) atoms. The molecule has 128 valence electrons. The van der Waals surface area contributed by atoms with Crippen LogP contribution in [0.4, 0.5) is 0 Å². The van der Waals surface area contributed by atoms with Gasteiger partial charge in [0.25, 0.3) is 0 Å². The molecule has 1 N–H and O–H groups in total. The maximum atomic E-state index is 12.8. The fourth-order valence-electron chi connectivity index (χ4n) is 3.44. The van der Waals surface area contributed by atoms with Crippen LogP contribution in [0, 0.1) is 12.3 Å². The molecule has 1 aliphatic carbocycles. The summed E-state index contributed by atoms with van der Waals surface area (Å²) in [4.78, 5) is 25.6. The van der Waals surface area contributed by atoms with Gasteiger partial charge in [0.2, 0.25) is 11.6 Å². The normalized spacial score (nSPS) is 25.3. The summed E-state index contributed by atoms with van der Waals surface area (Å²) >= 11 is 0. The van der Waals surface area contributed by atoms with E-state index in [4.69, 9.17) is 14.2 Å². The number of benzene rings is 1. The van der Waals surface area contributed by atoms with Gasteiger partial charge in [-0.3, -0.25) is 9.59 Å². The third-order valence-corrected chi connectivity index (χ3v) is 5.07. The molecule has 3 rings (SSSR count). The van der Waals surface area contributed by atoms with E-state index in [2.05, 4.69) is 0 Å². The number of carbonyl (C=O) groups excluding carboxylic acids is 2. The number of rotatable bonds is 3. The molecule has 1 aromatic carbocycles. The third kappa shape index (κ3) is 1.86. The smallest absolute Gasteiger partial charge is 0.237 e. The van der Waals surface area contributed by atoms with Crippen LogP contribution in [0.3, 0.4) is 0 Å². The Morgan fingerprint density at radius 3 is 2.42 bits per heavy atom. The van der Waals surface area contributed by atoms with Crippen molar-refractivity contribution < 1.29 is 28.9 Å². The van der Waals surface area contributed by atoms with Crippen molar-refractivity contribution in [2.75, 3.05) is 20.8 Å². The van der Waals surface area contributed by atoms with Gasteiger partial charge in [-0.1, -0.05) is 0 Å². The second-order valence-corrected chi connectivity index (χ2v) is 6.38. The highest BCUT2D eigenvalue weighted by Gasteiger charge is 2.53. The molecule has 0 spiro atoms. The van der Waals surface area contributed by atoms with Crippen molar-refractivity contribution in [2.45, 2.75) is 26.9 Å². The van der Waals surface area contributed by atoms with Crippen molar-refractivity contribution in [2.24, 2.45) is 5.41 Å². The van der Waals surface area contributed by atoms with Crippen LogP contribution in [0.1, 0.15) is 35.3 Å². The zero-order valence-corrected chi connectivity index (χ0v) is 14.4. The average Bonchev–Trinajstić information content (AvgIpc) is 2.83. The summed E-state index contributed by atoms with van der Waals surface area (Å²) in [5.74, 6) is -0.367. The van der Waals surface area contributed by atoms with Gasteiger partial charge in [-0.15, -0.1) is 0 Å². The summed E-state index contributed by atoms with van der Waals surface area (Å²) in [7, 11) is 2.89. The minimum atomic E-state index is -0.917. The fourth-order valence-corrected chi connectivity index (χ4v) is 3.44. The standard InChI is InChI=1S/C18H20O6/c1-8-6-10(22-4)16(23-5)12-11(8)17-13(15(21)14(12)20)18(3,7-19)9(2)24-17/h6,9,19H,7H2,1-5H3/t9-,18-/m0/s1. The van der Waals surface area contributed by atoms with E-state index in [1.807, 2.05) is 6.92 Å². The minimum Gasteiger partial charge on any atom is -0.493 e. The first-order chi connectivity index (χ1) is 11.3. The Kier molecular flexibility index (Phi) is 3.68. The Morgan fingerprint density at radius 1 is 1.21 bits per heavy atom. The second-order valence-electron chi connectivity index (χ2n) is 6.38. The van der Waals surface area contributed by atoms with Crippen molar-refractivity contribution in [1.82, 2.24) is 0 Å². The molecule has 0 saturated carbocycles. The van der Waals surface area contributed by atoms with Crippen molar-refractivity contribution in [3.63, 3.8) is 0 Å². The van der Waals surface area contributed by atoms with Gasteiger partial charge in [0.05, 0.1) is 37.4 Å². The lowest BCUT2D eigenvalue weighted by atomic mass is 9.72. The predicted molar refractivity (Wildman–Crippen MR) is 86.3 cm³/mol. The van der Waals surface area contributed by atoms with E-state index in [-0.39, 0.29) is 23.5 Å². The van der Waals surface area contributed by atoms with Crippen LogP contribution >= 0.6 is 0 Å². The number of ether oxygens (including phenoxy) is 3. The molecule has 1 aliphatic heterocycles. The third-order valence-electron chi connectivity index (χ3n) is 5.07. The first-order valence-corrected chi connectivity index (χ1v) is 7.69. The molecular formula is C18H20O6. The van der Waals surface area contributed by atoms with Crippen molar-refractivity contribution in [3.8, 4) is 11.5 Å². The molecule has 6 heteroatoms. The number of hydrogen-bond acceptors (Lipinski definition) is 6. The number of aliphatic hydroxyl groups excluding tert-OH is 1. The zero-order chi connectivity index (χ0) is 17.8. The van der Waals surface area contributed by atoms with Gasteiger partial charge >= 0.3 is 0 Å². The van der Waals surface area contributed by atoms with Crippen molar-refractivity contribution >= 4 is 17.3 Å². The SMILES string of the molecule is COc1cc(C)c2c(c1OC)C(=O)C(=O)C1=C2O[C@@H](C)[C@]1(C)CO. The molecule has 2 aliphatic rings. The molecule has 0 aromatic heterocycles. The van der Waals surface area contributed by atoms with E-state index in [9.17, 15) is 14.7 Å². The molecular weight excluding hydrogens is 312 g/mol. The number of aliphatic hydroxyl groups is 1. The fraction of sp³-hybridized carbons (Fsp3) is 0.444. The molecule has 1 aromatic rings. The Balaban J connectivity index is 2.40. The van der Waals surface area contributed by atoms with Crippen LogP contribution in [0.2, 0.25) is 0 Å². The van der Waals surface area contributed by atoms with Crippen LogP contribution in [0.25, 0.3) is 5.76 Å². The highest BCUT2D eigenvalue weighted by atomic mass is 16.5. The number of hydrogen-bond donors (Lipinski definition) is 1. The highest BCUT2D eigenvalue weighted by Crippen LogP contribution is 2.52. The van der Waals surface area contributed by atoms with E-state index in [0.29, 0.717) is 17.1 Å². The average molecular weight is 332 g/mol. The quantitative estimate of drug-likeness (QED) is 0.852. The van der Waals surface area contributed by atoms with Gasteiger partial charge in [-0.2, -0.15) is 0 Å². The lowest BCUT2D eigenvalue weighted by Crippen LogP contribution is -2.37. The first kappa shape index (κ1) is 16.5. The van der Waals surface area contributed by atoms with Crippen molar-refractivity contribution in [1.29, 1.82) is 0 Å². The summed E-state index contributed by atoms with van der Waals surface area (Å²) in [6.07, 6.45) is -0.428. The molecule has 6 nitrogen and oxygen atoms in total. The van der Waals surface area contributed by atoms with Crippen LogP contribution < -0.4 is 9.47 Å². The lowest BCUT2D eigenvalue weighted by Gasteiger charge is -2.27. The number of fused-ring (bicyclic) bond motifs is 2. The number of methoxy groups -OCH3 is 2. The molecule has 0 radical (unpaired) electrons. The van der Waals surface area contributed by atoms with Crippen LogP contribution in [0.5, 0.6) is 11.5 Å². The van der Waals surface area contributed by atoms with Gasteiger partial charge in [-0.05, 0) is 32.4 Å². The lowest BCUT2D eigenvalue weighted by molar-refractivity contribution is -0.113. The molecule has 2 atom stereocenters. The highest BCUT2D eigenvalue weighted by molar-refractivity contribution is 6.53. The van der Waals surface area contributed by atoms with Gasteiger partial charge in [0.1, 0.15) is 11.9 Å². The van der Waals surface area contributed by atoms with Crippen LogP contribution in [-0.2, 0) is 9.53 Å². The largest absolute Gasteiger partial charge is 0.493 e. The Bertz CT molecular complexity index is 791. The van der Waals surface area contributed by atoms with Gasteiger partial charge in [0, 0.05) is 5.56 Å². The molecule has 1 heterocycles. The van der Waals surface area contributed by atoms with Crippen LogP contribution in [0.15, 0.2) is 11.6 Å². The van der Waals surface area contributed by atoms with Crippen molar-refractivity contribution in [3.05, 3.63) is 28.3 Å². The van der Waals surface area contributed by atoms with E-state index >= 15 is 0 Å². The van der Waals surface area contributed by atoms with Crippen LogP contribution in [-0.4, -0.2) is 43.6 Å². The predicted octanol–water partition coefficient (Wildman–Crippen LogP) is 1.91. The number of ketones is 2. The summed E-state index contributed by atoms with van der Waals surface area (Å²) in [6.45, 7) is 5.04. The molecule has 0 saturated heterocycles. The maximum absolute atomic E-state index is 12.8. The number of aryl methyl sites for hydroxylation is 1. The monoisotopic (exact) mass is 332 g/mol. The van der Waals surface area contributed by atoms with E-state index in [1.54, 1.807) is 19.9 Å². The molecule has 0 unspecified atom stereocenters. The summed E-state index contributed by atoms with van der Waals surface area (Å²) < 4.78 is 16.5. The van der Waals surface area contributed by atoms with Gasteiger partial charge < -0.3 is 19.3 Å². The number of Topliss-reactive ketones (excluding diaryl/α,β-unsaturated/α-hetero) is 2. The Morgan fingerprint density at radius 2 is 1.88 bits per heavy atom. The Labute approximate surface area is 140 Å². The first-order valence-electron chi connectivity index (χ1n) is 7.69. The van der Waals surface area contributed by atoms with Gasteiger partial charge in [-0.25, -0.2) is 0 Å². The van der Waals surface area contributed by atoms with E-state index in [0.717, 1.165) is 5.56 Å². The topological polar surface area (TPSA) is 82.1 Å². The minimum absolute atomic E-state index is 0.160. The van der Waals surface area contributed by atoms with E-state index in [1.165, 1.54) is 14.2 Å².